The number of nitrogens with zero attached hydrogens (tertiary/aromatic N) is 2. The molecule has 9 heteroatoms. The summed E-state index contributed by atoms with van der Waals surface area (Å²) in [6, 6.07) is 14.2. The van der Waals surface area contributed by atoms with Crippen molar-refractivity contribution in [3.8, 4) is 11.4 Å². The zero-order chi connectivity index (χ0) is 20.1. The fraction of sp³-hybridized carbons (Fsp3) is 0.105. The minimum absolute atomic E-state index is 0.0586. The second kappa shape index (κ2) is 8.53. The van der Waals surface area contributed by atoms with E-state index in [1.807, 2.05) is 0 Å². The number of aromatic nitrogens is 2. The number of carbonyl (C=O) groups is 2. The Kier molecular flexibility index (Phi) is 5.90. The van der Waals surface area contributed by atoms with Gasteiger partial charge >= 0.3 is 0 Å². The van der Waals surface area contributed by atoms with Gasteiger partial charge in [-0.25, -0.2) is 9.07 Å². The van der Waals surface area contributed by atoms with Gasteiger partial charge in [-0.2, -0.15) is 5.10 Å². The number of hydrogen-bond acceptors (Lipinski definition) is 4. The van der Waals surface area contributed by atoms with Crippen LogP contribution in [0.25, 0.3) is 5.69 Å². The number of nitrogens with one attached hydrogen (secondary N) is 2. The van der Waals surface area contributed by atoms with Crippen molar-refractivity contribution in [3.05, 3.63) is 77.3 Å². The van der Waals surface area contributed by atoms with Crippen molar-refractivity contribution in [1.82, 2.24) is 20.6 Å². The Morgan fingerprint density at radius 3 is 2.68 bits per heavy atom. The summed E-state index contributed by atoms with van der Waals surface area (Å²) >= 11 is 5.94. The molecule has 0 aliphatic rings. The third kappa shape index (κ3) is 4.66. The van der Waals surface area contributed by atoms with Gasteiger partial charge in [0.15, 0.2) is 23.4 Å². The summed E-state index contributed by atoms with van der Waals surface area (Å²) in [5.41, 5.74) is 5.23. The molecule has 2 aromatic carbocycles. The van der Waals surface area contributed by atoms with Crippen LogP contribution in [0.3, 0.4) is 0 Å². The first-order valence-corrected chi connectivity index (χ1v) is 8.65. The van der Waals surface area contributed by atoms with Crippen LogP contribution < -0.4 is 15.6 Å². The van der Waals surface area contributed by atoms with Crippen molar-refractivity contribution in [2.24, 2.45) is 0 Å². The fourth-order valence-corrected chi connectivity index (χ4v) is 2.46. The van der Waals surface area contributed by atoms with Crippen molar-refractivity contribution in [2.45, 2.75) is 13.0 Å². The van der Waals surface area contributed by atoms with Gasteiger partial charge < -0.3 is 4.74 Å². The van der Waals surface area contributed by atoms with Crippen LogP contribution in [-0.2, 0) is 4.79 Å². The van der Waals surface area contributed by atoms with E-state index in [4.69, 9.17) is 16.3 Å². The Balaban J connectivity index is 1.56. The van der Waals surface area contributed by atoms with E-state index in [2.05, 4.69) is 16.0 Å². The zero-order valence-electron chi connectivity index (χ0n) is 14.7. The first-order chi connectivity index (χ1) is 13.4. The maximum Gasteiger partial charge on any atom is 0.290 e. The molecule has 28 heavy (non-hydrogen) atoms. The summed E-state index contributed by atoms with van der Waals surface area (Å²) in [7, 11) is 0. The van der Waals surface area contributed by atoms with Gasteiger partial charge in [-0.15, -0.1) is 0 Å². The van der Waals surface area contributed by atoms with E-state index in [0.717, 1.165) is 0 Å². The SMILES string of the molecule is CC(Oc1ccccc1F)C(=O)NNC(=O)c1ccn(-c2cccc(Cl)c2)n1. The summed E-state index contributed by atoms with van der Waals surface area (Å²) in [5.74, 6) is -1.91. The second-order valence-corrected chi connectivity index (χ2v) is 6.20. The standard InChI is InChI=1S/C19H16ClFN4O3/c1-12(28-17-8-3-2-7-15(17)21)18(26)22-23-19(27)16-9-10-25(24-16)14-6-4-5-13(20)11-14/h2-12H,1H3,(H,22,26)(H,23,27). The van der Waals surface area contributed by atoms with Crippen molar-refractivity contribution < 1.29 is 18.7 Å². The van der Waals surface area contributed by atoms with Gasteiger partial charge in [-0.05, 0) is 43.3 Å². The molecular formula is C19H16ClFN4O3. The summed E-state index contributed by atoms with van der Waals surface area (Å²) in [5, 5.41) is 4.67. The minimum Gasteiger partial charge on any atom is -0.478 e. The summed E-state index contributed by atoms with van der Waals surface area (Å²) in [6.45, 7) is 1.43. The van der Waals surface area contributed by atoms with Crippen LogP contribution in [-0.4, -0.2) is 27.7 Å². The van der Waals surface area contributed by atoms with E-state index in [0.29, 0.717) is 10.7 Å². The molecule has 7 nitrogen and oxygen atoms in total. The van der Waals surface area contributed by atoms with E-state index in [1.54, 1.807) is 36.5 Å². The molecule has 3 aromatic rings. The van der Waals surface area contributed by atoms with Crippen molar-refractivity contribution in [3.63, 3.8) is 0 Å². The lowest BCUT2D eigenvalue weighted by Gasteiger charge is -2.15. The summed E-state index contributed by atoms with van der Waals surface area (Å²) in [4.78, 5) is 24.2. The van der Waals surface area contributed by atoms with Gasteiger partial charge in [0, 0.05) is 11.2 Å². The van der Waals surface area contributed by atoms with Gasteiger partial charge in [0.05, 0.1) is 5.69 Å². The lowest BCUT2D eigenvalue weighted by atomic mass is 10.3. The van der Waals surface area contributed by atoms with E-state index >= 15 is 0 Å². The molecule has 0 saturated carbocycles. The number of rotatable bonds is 5. The number of benzene rings is 2. The van der Waals surface area contributed by atoms with Crippen molar-refractivity contribution >= 4 is 23.4 Å². The normalized spacial score (nSPS) is 11.5. The molecule has 1 unspecified atom stereocenters. The van der Waals surface area contributed by atoms with Crippen LogP contribution in [0.4, 0.5) is 4.39 Å². The minimum atomic E-state index is -1.03. The third-order valence-corrected chi connectivity index (χ3v) is 3.94. The fourth-order valence-electron chi connectivity index (χ4n) is 2.28. The van der Waals surface area contributed by atoms with Gasteiger partial charge in [0.25, 0.3) is 11.8 Å². The summed E-state index contributed by atoms with van der Waals surface area (Å²) < 4.78 is 20.3. The monoisotopic (exact) mass is 402 g/mol. The number of hydrazine groups is 1. The van der Waals surface area contributed by atoms with Crippen molar-refractivity contribution in [2.75, 3.05) is 0 Å². The molecule has 0 aliphatic carbocycles. The summed E-state index contributed by atoms with van der Waals surface area (Å²) in [6.07, 6.45) is 0.563. The Labute approximate surface area is 165 Å². The maximum absolute atomic E-state index is 13.6. The van der Waals surface area contributed by atoms with Crippen LogP contribution >= 0.6 is 11.6 Å². The second-order valence-electron chi connectivity index (χ2n) is 5.76. The van der Waals surface area contributed by atoms with Crippen LogP contribution in [0.1, 0.15) is 17.4 Å². The molecule has 0 bridgehead atoms. The van der Waals surface area contributed by atoms with Gasteiger partial charge in [-0.1, -0.05) is 29.8 Å². The van der Waals surface area contributed by atoms with Crippen LogP contribution in [0.5, 0.6) is 5.75 Å². The highest BCUT2D eigenvalue weighted by atomic mass is 35.5. The lowest BCUT2D eigenvalue weighted by molar-refractivity contribution is -0.128. The quantitative estimate of drug-likeness (QED) is 0.643. The van der Waals surface area contributed by atoms with Gasteiger partial charge in [0.1, 0.15) is 0 Å². The topological polar surface area (TPSA) is 85.3 Å². The Hall–Kier alpha value is -3.39. The number of amides is 2. The highest BCUT2D eigenvalue weighted by Gasteiger charge is 2.18. The Morgan fingerprint density at radius 2 is 1.93 bits per heavy atom. The molecule has 0 aliphatic heterocycles. The zero-order valence-corrected chi connectivity index (χ0v) is 15.5. The Bertz CT molecular complexity index is 1010. The Morgan fingerprint density at radius 1 is 1.14 bits per heavy atom. The molecule has 2 amide bonds. The smallest absolute Gasteiger partial charge is 0.290 e. The molecule has 144 valence electrons. The van der Waals surface area contributed by atoms with Gasteiger partial charge in [-0.3, -0.25) is 20.4 Å². The molecule has 1 aromatic heterocycles. The van der Waals surface area contributed by atoms with Crippen LogP contribution in [0, 0.1) is 5.82 Å². The molecule has 0 saturated heterocycles. The van der Waals surface area contributed by atoms with Gasteiger partial charge in [0.2, 0.25) is 0 Å². The van der Waals surface area contributed by atoms with E-state index in [-0.39, 0.29) is 11.4 Å². The lowest BCUT2D eigenvalue weighted by Crippen LogP contribution is -2.47. The maximum atomic E-state index is 13.6. The molecule has 0 fully saturated rings. The number of carbonyl (C=O) groups excluding carboxylic acids is 2. The van der Waals surface area contributed by atoms with E-state index < -0.39 is 23.7 Å². The molecule has 0 radical (unpaired) electrons. The molecular weight excluding hydrogens is 387 g/mol. The molecule has 1 heterocycles. The first-order valence-electron chi connectivity index (χ1n) is 8.27. The first kappa shape index (κ1) is 19.4. The number of hydrogen-bond donors (Lipinski definition) is 2. The number of para-hydroxylation sites is 1. The molecule has 1 atom stereocenters. The molecule has 2 N–H and O–H groups in total. The average molecular weight is 403 g/mol. The van der Waals surface area contributed by atoms with E-state index in [1.165, 1.54) is 35.9 Å². The highest BCUT2D eigenvalue weighted by molar-refractivity contribution is 6.30. The van der Waals surface area contributed by atoms with E-state index in [9.17, 15) is 14.0 Å². The number of halogens is 2. The molecule has 3 rings (SSSR count). The highest BCUT2D eigenvalue weighted by Crippen LogP contribution is 2.17. The van der Waals surface area contributed by atoms with Crippen LogP contribution in [0.15, 0.2) is 60.8 Å². The largest absolute Gasteiger partial charge is 0.478 e. The number of ether oxygens (including phenoxy) is 1. The third-order valence-electron chi connectivity index (χ3n) is 3.70. The molecule has 0 spiro atoms. The van der Waals surface area contributed by atoms with Crippen molar-refractivity contribution in [1.29, 1.82) is 0 Å². The predicted molar refractivity (Wildman–Crippen MR) is 101 cm³/mol. The van der Waals surface area contributed by atoms with Crippen LogP contribution in [0.2, 0.25) is 5.02 Å². The predicted octanol–water partition coefficient (Wildman–Crippen LogP) is 2.89. The average Bonchev–Trinajstić information content (AvgIpc) is 3.18.